The quantitative estimate of drug-likeness (QED) is 0.682. The number of ketones is 1. The predicted octanol–water partition coefficient (Wildman–Crippen LogP) is 5.52. The highest BCUT2D eigenvalue weighted by Gasteiger charge is 2.40. The van der Waals surface area contributed by atoms with Crippen LogP contribution in [0.25, 0.3) is 0 Å². The second-order valence-corrected chi connectivity index (χ2v) is 7.46. The SMILES string of the molecule is O=C1CCCC2=C1C(c1ccccc1Cl)CC(=O)N2c1ccc(Cl)cc1. The first kappa shape index (κ1) is 17.3. The van der Waals surface area contributed by atoms with Crippen molar-refractivity contribution in [2.75, 3.05) is 4.90 Å². The van der Waals surface area contributed by atoms with Crippen LogP contribution in [-0.2, 0) is 9.59 Å². The van der Waals surface area contributed by atoms with Crippen molar-refractivity contribution in [1.82, 2.24) is 0 Å². The van der Waals surface area contributed by atoms with Crippen LogP contribution in [0.1, 0.15) is 37.2 Å². The third-order valence-corrected chi connectivity index (χ3v) is 5.64. The van der Waals surface area contributed by atoms with Gasteiger partial charge < -0.3 is 0 Å². The van der Waals surface area contributed by atoms with Gasteiger partial charge in [-0.15, -0.1) is 0 Å². The number of Topliss-reactive ketones (excluding diaryl/α,β-unsaturated/α-hetero) is 1. The molecule has 1 atom stereocenters. The van der Waals surface area contributed by atoms with Gasteiger partial charge in [0.1, 0.15) is 0 Å². The summed E-state index contributed by atoms with van der Waals surface area (Å²) in [6.45, 7) is 0. The molecule has 1 heterocycles. The summed E-state index contributed by atoms with van der Waals surface area (Å²) in [6, 6.07) is 14.6. The van der Waals surface area contributed by atoms with Crippen molar-refractivity contribution in [3.05, 3.63) is 75.4 Å². The van der Waals surface area contributed by atoms with Crippen LogP contribution in [0.3, 0.4) is 0 Å². The number of benzene rings is 2. The molecule has 0 fully saturated rings. The first-order valence-corrected chi connectivity index (χ1v) is 9.41. The minimum atomic E-state index is -0.275. The molecule has 1 unspecified atom stereocenters. The third kappa shape index (κ3) is 2.95. The van der Waals surface area contributed by atoms with Gasteiger partial charge in [0.15, 0.2) is 5.78 Å². The zero-order chi connectivity index (χ0) is 18.3. The van der Waals surface area contributed by atoms with E-state index in [1.54, 1.807) is 23.1 Å². The summed E-state index contributed by atoms with van der Waals surface area (Å²) in [5.41, 5.74) is 3.14. The Labute approximate surface area is 162 Å². The normalized spacial score (nSPS) is 20.4. The van der Waals surface area contributed by atoms with Crippen LogP contribution in [-0.4, -0.2) is 11.7 Å². The van der Waals surface area contributed by atoms with Crippen molar-refractivity contribution < 1.29 is 9.59 Å². The van der Waals surface area contributed by atoms with E-state index in [1.165, 1.54) is 0 Å². The molecular weight excluding hydrogens is 369 g/mol. The van der Waals surface area contributed by atoms with Gasteiger partial charge in [0.25, 0.3) is 0 Å². The Morgan fingerprint density at radius 2 is 1.65 bits per heavy atom. The number of anilines is 1. The van der Waals surface area contributed by atoms with Gasteiger partial charge in [0, 0.05) is 45.8 Å². The van der Waals surface area contributed by atoms with Gasteiger partial charge in [0.05, 0.1) is 0 Å². The number of hydrogen-bond donors (Lipinski definition) is 0. The molecule has 1 amide bonds. The van der Waals surface area contributed by atoms with Gasteiger partial charge in [-0.3, -0.25) is 14.5 Å². The van der Waals surface area contributed by atoms with Crippen LogP contribution in [0.5, 0.6) is 0 Å². The van der Waals surface area contributed by atoms with E-state index in [4.69, 9.17) is 23.2 Å². The van der Waals surface area contributed by atoms with Crippen molar-refractivity contribution in [3.8, 4) is 0 Å². The number of carbonyl (C=O) groups excluding carboxylic acids is 2. The van der Waals surface area contributed by atoms with Gasteiger partial charge in [-0.05, 0) is 48.7 Å². The summed E-state index contributed by atoms with van der Waals surface area (Å²) in [6.07, 6.45) is 2.21. The van der Waals surface area contributed by atoms with Crippen molar-refractivity contribution >= 4 is 40.6 Å². The Kier molecular flexibility index (Phi) is 4.60. The zero-order valence-electron chi connectivity index (χ0n) is 14.0. The molecule has 2 aromatic carbocycles. The summed E-state index contributed by atoms with van der Waals surface area (Å²) >= 11 is 12.4. The van der Waals surface area contributed by atoms with E-state index in [-0.39, 0.29) is 24.0 Å². The molecule has 0 N–H and O–H groups in total. The molecule has 0 spiro atoms. The fraction of sp³-hybridized carbons (Fsp3) is 0.238. The Morgan fingerprint density at radius 3 is 2.38 bits per heavy atom. The smallest absolute Gasteiger partial charge is 0.232 e. The highest BCUT2D eigenvalue weighted by molar-refractivity contribution is 6.31. The average Bonchev–Trinajstić information content (AvgIpc) is 2.63. The molecule has 0 saturated carbocycles. The van der Waals surface area contributed by atoms with Gasteiger partial charge in [-0.2, -0.15) is 0 Å². The molecule has 2 aromatic rings. The van der Waals surface area contributed by atoms with E-state index < -0.39 is 0 Å². The monoisotopic (exact) mass is 385 g/mol. The van der Waals surface area contributed by atoms with E-state index in [2.05, 4.69) is 0 Å². The molecule has 5 heteroatoms. The van der Waals surface area contributed by atoms with E-state index in [1.807, 2.05) is 30.3 Å². The van der Waals surface area contributed by atoms with E-state index in [0.29, 0.717) is 22.9 Å². The number of rotatable bonds is 2. The molecule has 2 aliphatic rings. The number of halogens is 2. The standard InChI is InChI=1S/C21H17Cl2NO2/c22-13-8-10-14(11-9-13)24-18-6-3-7-19(25)21(18)16(12-20(24)26)15-4-1-2-5-17(15)23/h1-2,4-5,8-11,16H,3,6-7,12H2. The number of hydrogen-bond acceptors (Lipinski definition) is 2. The fourth-order valence-corrected chi connectivity index (χ4v) is 4.30. The molecule has 3 nitrogen and oxygen atoms in total. The molecule has 0 bridgehead atoms. The maximum absolute atomic E-state index is 13.0. The first-order valence-electron chi connectivity index (χ1n) is 8.65. The Morgan fingerprint density at radius 1 is 0.923 bits per heavy atom. The van der Waals surface area contributed by atoms with Gasteiger partial charge in [-0.25, -0.2) is 0 Å². The van der Waals surface area contributed by atoms with Crippen LogP contribution >= 0.6 is 23.2 Å². The van der Waals surface area contributed by atoms with Crippen LogP contribution in [0, 0.1) is 0 Å². The molecule has 132 valence electrons. The molecule has 0 saturated heterocycles. The number of nitrogens with zero attached hydrogens (tertiary/aromatic N) is 1. The maximum Gasteiger partial charge on any atom is 0.232 e. The van der Waals surface area contributed by atoms with Gasteiger partial charge in [-0.1, -0.05) is 41.4 Å². The minimum absolute atomic E-state index is 0.0225. The lowest BCUT2D eigenvalue weighted by Crippen LogP contribution is -2.40. The maximum atomic E-state index is 13.0. The number of carbonyl (C=O) groups is 2. The highest BCUT2D eigenvalue weighted by atomic mass is 35.5. The molecule has 1 aliphatic heterocycles. The lowest BCUT2D eigenvalue weighted by Gasteiger charge is -2.38. The minimum Gasteiger partial charge on any atom is -0.294 e. The summed E-state index contributed by atoms with van der Waals surface area (Å²) < 4.78 is 0. The Bertz CT molecular complexity index is 918. The summed E-state index contributed by atoms with van der Waals surface area (Å²) in [5.74, 6) is -0.184. The molecule has 1 aliphatic carbocycles. The lowest BCUT2D eigenvalue weighted by molar-refractivity contribution is -0.119. The second-order valence-electron chi connectivity index (χ2n) is 6.62. The van der Waals surface area contributed by atoms with Gasteiger partial charge in [0.2, 0.25) is 5.91 Å². The highest BCUT2D eigenvalue weighted by Crippen LogP contribution is 2.44. The van der Waals surface area contributed by atoms with Gasteiger partial charge >= 0.3 is 0 Å². The second kappa shape index (κ2) is 6.90. The fourth-order valence-electron chi connectivity index (χ4n) is 3.91. The third-order valence-electron chi connectivity index (χ3n) is 5.04. The molecule has 0 radical (unpaired) electrons. The van der Waals surface area contributed by atoms with Crippen molar-refractivity contribution in [3.63, 3.8) is 0 Å². The molecular formula is C21H17Cl2NO2. The van der Waals surface area contributed by atoms with Crippen LogP contribution in [0.2, 0.25) is 10.0 Å². The van der Waals surface area contributed by atoms with Crippen LogP contribution < -0.4 is 4.90 Å². The Hall–Kier alpha value is -2.10. The van der Waals surface area contributed by atoms with Crippen molar-refractivity contribution in [1.29, 1.82) is 0 Å². The van der Waals surface area contributed by atoms with E-state index >= 15 is 0 Å². The largest absolute Gasteiger partial charge is 0.294 e. The Balaban J connectivity index is 1.87. The van der Waals surface area contributed by atoms with Crippen LogP contribution in [0.15, 0.2) is 59.8 Å². The molecule has 26 heavy (non-hydrogen) atoms. The predicted molar refractivity (Wildman–Crippen MR) is 104 cm³/mol. The summed E-state index contributed by atoms with van der Waals surface area (Å²) in [4.78, 5) is 27.5. The van der Waals surface area contributed by atoms with Crippen molar-refractivity contribution in [2.45, 2.75) is 31.6 Å². The summed E-state index contributed by atoms with van der Waals surface area (Å²) in [7, 11) is 0. The zero-order valence-corrected chi connectivity index (χ0v) is 15.6. The van der Waals surface area contributed by atoms with E-state index in [9.17, 15) is 9.59 Å². The number of amides is 1. The average molecular weight is 386 g/mol. The summed E-state index contributed by atoms with van der Waals surface area (Å²) in [5, 5.41) is 1.21. The topological polar surface area (TPSA) is 37.4 Å². The van der Waals surface area contributed by atoms with Crippen molar-refractivity contribution in [2.24, 2.45) is 0 Å². The first-order chi connectivity index (χ1) is 12.6. The van der Waals surface area contributed by atoms with Crippen LogP contribution in [0.4, 0.5) is 5.69 Å². The molecule has 4 rings (SSSR count). The lowest BCUT2D eigenvalue weighted by atomic mass is 9.77. The number of allylic oxidation sites excluding steroid dienone is 2. The molecule has 0 aromatic heterocycles. The van der Waals surface area contributed by atoms with E-state index in [0.717, 1.165) is 28.9 Å².